The molecule has 0 aliphatic heterocycles. The van der Waals surface area contributed by atoms with E-state index in [1.54, 1.807) is 0 Å². The van der Waals surface area contributed by atoms with Crippen molar-refractivity contribution in [2.45, 2.75) is 18.7 Å². The summed E-state index contributed by atoms with van der Waals surface area (Å²) in [5.41, 5.74) is 0.361. The lowest BCUT2D eigenvalue weighted by Crippen LogP contribution is -2.31. The molecule has 0 spiro atoms. The molecule has 1 aromatic carbocycles. The van der Waals surface area contributed by atoms with Crippen molar-refractivity contribution in [3.8, 4) is 0 Å². The largest absolute Gasteiger partial charge is 0.351 e. The molecule has 0 radical (unpaired) electrons. The van der Waals surface area contributed by atoms with Crippen molar-refractivity contribution in [1.82, 2.24) is 5.32 Å². The van der Waals surface area contributed by atoms with Gasteiger partial charge in [0.05, 0.1) is 5.02 Å². The SMILES string of the molecule is CC(C)C(Br)CNC(=O)c1ccc(F)c(Cl)c1. The number of rotatable bonds is 4. The summed E-state index contributed by atoms with van der Waals surface area (Å²) in [6.45, 7) is 4.63. The highest BCUT2D eigenvalue weighted by atomic mass is 79.9. The van der Waals surface area contributed by atoms with Crippen molar-refractivity contribution < 1.29 is 9.18 Å². The van der Waals surface area contributed by atoms with Gasteiger partial charge in [-0.1, -0.05) is 41.4 Å². The molecule has 1 unspecified atom stereocenters. The molecule has 1 rings (SSSR count). The van der Waals surface area contributed by atoms with Crippen molar-refractivity contribution in [2.75, 3.05) is 6.54 Å². The van der Waals surface area contributed by atoms with E-state index in [4.69, 9.17) is 11.6 Å². The molecule has 17 heavy (non-hydrogen) atoms. The molecule has 1 amide bonds. The van der Waals surface area contributed by atoms with Crippen LogP contribution in [0.25, 0.3) is 0 Å². The van der Waals surface area contributed by atoms with Gasteiger partial charge in [0.1, 0.15) is 5.82 Å². The Bertz CT molecular complexity index is 411. The Kier molecular flexibility index (Phi) is 5.40. The van der Waals surface area contributed by atoms with Crippen LogP contribution in [0.1, 0.15) is 24.2 Å². The van der Waals surface area contributed by atoms with E-state index < -0.39 is 5.82 Å². The zero-order chi connectivity index (χ0) is 13.0. The molecule has 5 heteroatoms. The van der Waals surface area contributed by atoms with Gasteiger partial charge in [0.15, 0.2) is 0 Å². The number of hydrogen-bond donors (Lipinski definition) is 1. The summed E-state index contributed by atoms with van der Waals surface area (Å²) in [5, 5.41) is 2.72. The zero-order valence-electron chi connectivity index (χ0n) is 9.64. The third-order valence-electron chi connectivity index (χ3n) is 2.36. The summed E-state index contributed by atoms with van der Waals surface area (Å²) in [6, 6.07) is 3.92. The topological polar surface area (TPSA) is 29.1 Å². The first-order valence-corrected chi connectivity index (χ1v) is 6.58. The van der Waals surface area contributed by atoms with Crippen LogP contribution in [-0.2, 0) is 0 Å². The van der Waals surface area contributed by atoms with Gasteiger partial charge >= 0.3 is 0 Å². The van der Waals surface area contributed by atoms with E-state index in [2.05, 4.69) is 35.1 Å². The first-order chi connectivity index (χ1) is 7.91. The fourth-order valence-electron chi connectivity index (χ4n) is 1.17. The smallest absolute Gasteiger partial charge is 0.251 e. The molecule has 0 aliphatic rings. The van der Waals surface area contributed by atoms with Gasteiger partial charge in [-0.05, 0) is 24.1 Å². The third-order valence-corrected chi connectivity index (χ3v) is 4.03. The number of carbonyl (C=O) groups excluding carboxylic acids is 1. The highest BCUT2D eigenvalue weighted by molar-refractivity contribution is 9.09. The number of hydrogen-bond acceptors (Lipinski definition) is 1. The number of alkyl halides is 1. The normalized spacial score (nSPS) is 12.6. The van der Waals surface area contributed by atoms with Gasteiger partial charge in [0, 0.05) is 16.9 Å². The van der Waals surface area contributed by atoms with Crippen molar-refractivity contribution in [2.24, 2.45) is 5.92 Å². The van der Waals surface area contributed by atoms with E-state index in [1.807, 2.05) is 0 Å². The molecule has 2 nitrogen and oxygen atoms in total. The van der Waals surface area contributed by atoms with Crippen LogP contribution in [0.4, 0.5) is 4.39 Å². The van der Waals surface area contributed by atoms with E-state index in [9.17, 15) is 9.18 Å². The molecule has 0 aromatic heterocycles. The van der Waals surface area contributed by atoms with E-state index in [-0.39, 0.29) is 15.8 Å². The minimum atomic E-state index is -0.524. The van der Waals surface area contributed by atoms with Gasteiger partial charge in [-0.15, -0.1) is 0 Å². The van der Waals surface area contributed by atoms with Crippen LogP contribution < -0.4 is 5.32 Å². The van der Waals surface area contributed by atoms with Crippen molar-refractivity contribution in [1.29, 1.82) is 0 Å². The second-order valence-corrected chi connectivity index (χ2v) is 5.68. The molecular weight excluding hydrogens is 308 g/mol. The molecular formula is C12H14BrClFNO. The van der Waals surface area contributed by atoms with Crippen LogP contribution in [0.15, 0.2) is 18.2 Å². The average molecular weight is 323 g/mol. The lowest BCUT2D eigenvalue weighted by atomic mass is 10.1. The molecule has 0 bridgehead atoms. The summed E-state index contributed by atoms with van der Waals surface area (Å²) in [4.78, 5) is 11.9. The second-order valence-electron chi connectivity index (χ2n) is 4.10. The first kappa shape index (κ1) is 14.5. The number of benzene rings is 1. The molecule has 1 N–H and O–H groups in total. The first-order valence-electron chi connectivity index (χ1n) is 5.29. The second kappa shape index (κ2) is 6.36. The summed E-state index contributed by atoms with van der Waals surface area (Å²) in [7, 11) is 0. The van der Waals surface area contributed by atoms with Crippen LogP contribution in [0.3, 0.4) is 0 Å². The lowest BCUT2D eigenvalue weighted by Gasteiger charge is -2.14. The van der Waals surface area contributed by atoms with E-state index >= 15 is 0 Å². The minimum Gasteiger partial charge on any atom is -0.351 e. The van der Waals surface area contributed by atoms with Crippen LogP contribution in [-0.4, -0.2) is 17.3 Å². The van der Waals surface area contributed by atoms with Crippen LogP contribution >= 0.6 is 27.5 Å². The maximum atomic E-state index is 12.9. The Balaban J connectivity index is 2.61. The van der Waals surface area contributed by atoms with Crippen molar-refractivity contribution >= 4 is 33.4 Å². The summed E-state index contributed by atoms with van der Waals surface area (Å²) in [6.07, 6.45) is 0. The quantitative estimate of drug-likeness (QED) is 0.843. The van der Waals surface area contributed by atoms with Crippen molar-refractivity contribution in [3.63, 3.8) is 0 Å². The summed E-state index contributed by atoms with van der Waals surface area (Å²) >= 11 is 9.08. The molecule has 1 atom stereocenters. The Hall–Kier alpha value is -0.610. The Morgan fingerprint density at radius 2 is 2.18 bits per heavy atom. The lowest BCUT2D eigenvalue weighted by molar-refractivity contribution is 0.0953. The number of halogens is 3. The van der Waals surface area contributed by atoms with Gasteiger partial charge in [-0.25, -0.2) is 4.39 Å². The van der Waals surface area contributed by atoms with Gasteiger partial charge in [-0.3, -0.25) is 4.79 Å². The predicted octanol–water partition coefficient (Wildman–Crippen LogP) is 3.63. The number of nitrogens with one attached hydrogen (secondary N) is 1. The maximum Gasteiger partial charge on any atom is 0.251 e. The molecule has 0 fully saturated rings. The summed E-state index contributed by atoms with van der Waals surface area (Å²) in [5.74, 6) is -0.354. The maximum absolute atomic E-state index is 12.9. The zero-order valence-corrected chi connectivity index (χ0v) is 12.0. The molecule has 0 saturated heterocycles. The fourth-order valence-corrected chi connectivity index (χ4v) is 1.51. The van der Waals surface area contributed by atoms with Gasteiger partial charge in [-0.2, -0.15) is 0 Å². The van der Waals surface area contributed by atoms with E-state index in [1.165, 1.54) is 18.2 Å². The van der Waals surface area contributed by atoms with Crippen LogP contribution in [0.2, 0.25) is 5.02 Å². The monoisotopic (exact) mass is 321 g/mol. The van der Waals surface area contributed by atoms with E-state index in [0.29, 0.717) is 18.0 Å². The number of amides is 1. The molecule has 0 saturated carbocycles. The van der Waals surface area contributed by atoms with Gasteiger partial charge in [0.2, 0.25) is 0 Å². The third kappa shape index (κ3) is 4.28. The standard InChI is InChI=1S/C12H14BrClFNO/c1-7(2)9(13)6-16-12(17)8-3-4-11(15)10(14)5-8/h3-5,7,9H,6H2,1-2H3,(H,16,17). The average Bonchev–Trinajstić information content (AvgIpc) is 2.28. The van der Waals surface area contributed by atoms with E-state index in [0.717, 1.165) is 0 Å². The highest BCUT2D eigenvalue weighted by Crippen LogP contribution is 2.16. The summed E-state index contributed by atoms with van der Waals surface area (Å²) < 4.78 is 12.9. The molecule has 94 valence electrons. The fraction of sp³-hybridized carbons (Fsp3) is 0.417. The van der Waals surface area contributed by atoms with Crippen LogP contribution in [0.5, 0.6) is 0 Å². The Morgan fingerprint density at radius 3 is 2.71 bits per heavy atom. The Morgan fingerprint density at radius 1 is 1.53 bits per heavy atom. The van der Waals surface area contributed by atoms with Crippen LogP contribution in [0, 0.1) is 11.7 Å². The molecule has 0 heterocycles. The molecule has 1 aromatic rings. The van der Waals surface area contributed by atoms with Crippen molar-refractivity contribution in [3.05, 3.63) is 34.6 Å². The predicted molar refractivity (Wildman–Crippen MR) is 71.3 cm³/mol. The minimum absolute atomic E-state index is 0.0445. The highest BCUT2D eigenvalue weighted by Gasteiger charge is 2.12. The number of carbonyl (C=O) groups is 1. The Labute approximate surface area is 114 Å². The van der Waals surface area contributed by atoms with Gasteiger partial charge < -0.3 is 5.32 Å². The van der Waals surface area contributed by atoms with Gasteiger partial charge in [0.25, 0.3) is 5.91 Å². The molecule has 0 aliphatic carbocycles.